The Balaban J connectivity index is 3.72. The van der Waals surface area contributed by atoms with Crippen LogP contribution in [0.25, 0.3) is 0 Å². The number of allylic oxidation sites excluding steroid dienone is 3. The van der Waals surface area contributed by atoms with E-state index >= 15 is 0 Å². The molecule has 7 heavy (non-hydrogen) atoms. The van der Waals surface area contributed by atoms with Crippen LogP contribution in [0.4, 0.5) is 0 Å². The summed E-state index contributed by atoms with van der Waals surface area (Å²) in [7, 11) is 0. The molecule has 0 amide bonds. The maximum absolute atomic E-state index is 8.53. The molecule has 38 valence electrons. The zero-order chi connectivity index (χ0) is 5.70. The third-order valence-corrected chi connectivity index (χ3v) is 0.498. The fraction of sp³-hybridized carbons (Fsp3) is 0. The van der Waals surface area contributed by atoms with Crippen LogP contribution in [-0.4, -0.2) is 5.11 Å². The van der Waals surface area contributed by atoms with Crippen LogP contribution in [-0.2, 0) is 0 Å². The first kappa shape index (κ1) is 6.02. The van der Waals surface area contributed by atoms with Gasteiger partial charge in [-0.15, -0.1) is 0 Å². The van der Waals surface area contributed by atoms with E-state index in [1.54, 1.807) is 0 Å². The summed E-state index contributed by atoms with van der Waals surface area (Å²) in [6.45, 7) is 6.68. The Morgan fingerprint density at radius 2 is 2.00 bits per heavy atom. The monoisotopic (exact) mass is 96.1 g/mol. The van der Waals surface area contributed by atoms with Crippen molar-refractivity contribution in [1.29, 1.82) is 0 Å². The molecule has 0 aliphatic heterocycles. The fourth-order valence-corrected chi connectivity index (χ4v) is 0.189. The number of hydrogen-bond donors (Lipinski definition) is 1. The van der Waals surface area contributed by atoms with E-state index in [0.717, 1.165) is 0 Å². The predicted octanol–water partition coefficient (Wildman–Crippen LogP) is 1.80. The van der Waals surface area contributed by atoms with Crippen molar-refractivity contribution >= 4 is 0 Å². The second-order valence-corrected chi connectivity index (χ2v) is 1.03. The summed E-state index contributed by atoms with van der Waals surface area (Å²) >= 11 is 0. The molecule has 0 fully saturated rings. The van der Waals surface area contributed by atoms with Gasteiger partial charge in [-0.25, -0.2) is 0 Å². The van der Waals surface area contributed by atoms with E-state index in [4.69, 9.17) is 5.11 Å². The SMILES string of the molecule is C=C/C=C(/O)C=C. The Morgan fingerprint density at radius 3 is 2.14 bits per heavy atom. The third-order valence-electron chi connectivity index (χ3n) is 0.498. The maximum Gasteiger partial charge on any atom is 0.114 e. The molecule has 0 bridgehead atoms. The number of aliphatic hydroxyl groups excluding tert-OH is 1. The highest BCUT2D eigenvalue weighted by atomic mass is 16.3. The molecule has 0 aliphatic carbocycles. The summed E-state index contributed by atoms with van der Waals surface area (Å²) < 4.78 is 0. The van der Waals surface area contributed by atoms with Gasteiger partial charge in [-0.3, -0.25) is 0 Å². The van der Waals surface area contributed by atoms with Gasteiger partial charge in [0.15, 0.2) is 0 Å². The van der Waals surface area contributed by atoms with Gasteiger partial charge in [0.1, 0.15) is 5.76 Å². The largest absolute Gasteiger partial charge is 0.508 e. The second-order valence-electron chi connectivity index (χ2n) is 1.03. The molecule has 1 heteroatoms. The lowest BCUT2D eigenvalue weighted by molar-refractivity contribution is 0.433. The molecule has 0 saturated carbocycles. The van der Waals surface area contributed by atoms with Crippen molar-refractivity contribution in [1.82, 2.24) is 0 Å². The Hall–Kier alpha value is -0.980. The Kier molecular flexibility index (Phi) is 2.77. The van der Waals surface area contributed by atoms with Crippen LogP contribution in [0.1, 0.15) is 0 Å². The minimum atomic E-state index is 0.148. The standard InChI is InChI=1S/C6H8O/c1-3-5-6(7)4-2/h3-5,7H,1-2H2/b6-5+. The highest BCUT2D eigenvalue weighted by Crippen LogP contribution is 1.85. The van der Waals surface area contributed by atoms with Crippen molar-refractivity contribution in [3.63, 3.8) is 0 Å². The predicted molar refractivity (Wildman–Crippen MR) is 31.1 cm³/mol. The lowest BCUT2D eigenvalue weighted by Gasteiger charge is -1.80. The second kappa shape index (κ2) is 3.22. The van der Waals surface area contributed by atoms with Gasteiger partial charge in [-0.05, 0) is 12.2 Å². The van der Waals surface area contributed by atoms with Gasteiger partial charge in [-0.1, -0.05) is 19.2 Å². The number of rotatable bonds is 2. The number of aliphatic hydroxyl groups is 1. The maximum atomic E-state index is 8.53. The summed E-state index contributed by atoms with van der Waals surface area (Å²) in [6, 6.07) is 0. The summed E-state index contributed by atoms with van der Waals surface area (Å²) in [5.41, 5.74) is 0. The molecular formula is C6H8O. The zero-order valence-corrected chi connectivity index (χ0v) is 4.09. The van der Waals surface area contributed by atoms with E-state index < -0.39 is 0 Å². The summed E-state index contributed by atoms with van der Waals surface area (Å²) in [6.07, 6.45) is 4.31. The molecule has 0 unspecified atom stereocenters. The normalized spacial score (nSPS) is 10.6. The molecule has 0 spiro atoms. The summed E-state index contributed by atoms with van der Waals surface area (Å²) in [5, 5.41) is 8.53. The average Bonchev–Trinajstić information content (AvgIpc) is 1.68. The van der Waals surface area contributed by atoms with Gasteiger partial charge >= 0.3 is 0 Å². The zero-order valence-electron chi connectivity index (χ0n) is 4.09. The van der Waals surface area contributed by atoms with Crippen LogP contribution in [0.2, 0.25) is 0 Å². The highest BCUT2D eigenvalue weighted by Gasteiger charge is 1.72. The molecule has 0 saturated heterocycles. The van der Waals surface area contributed by atoms with Crippen molar-refractivity contribution < 1.29 is 5.11 Å². The van der Waals surface area contributed by atoms with Crippen LogP contribution in [0.3, 0.4) is 0 Å². The molecule has 0 atom stereocenters. The molecule has 0 heterocycles. The van der Waals surface area contributed by atoms with E-state index in [1.165, 1.54) is 18.2 Å². The topological polar surface area (TPSA) is 20.2 Å². The lowest BCUT2D eigenvalue weighted by Crippen LogP contribution is -1.66. The highest BCUT2D eigenvalue weighted by molar-refractivity contribution is 5.12. The Morgan fingerprint density at radius 1 is 1.43 bits per heavy atom. The van der Waals surface area contributed by atoms with E-state index in [9.17, 15) is 0 Å². The summed E-state index contributed by atoms with van der Waals surface area (Å²) in [4.78, 5) is 0. The number of hydrogen-bond acceptors (Lipinski definition) is 1. The van der Waals surface area contributed by atoms with Gasteiger partial charge in [0.25, 0.3) is 0 Å². The molecule has 0 aliphatic rings. The smallest absolute Gasteiger partial charge is 0.114 e. The quantitative estimate of drug-likeness (QED) is 0.410. The Labute approximate surface area is 43.3 Å². The third kappa shape index (κ3) is 2.83. The van der Waals surface area contributed by atoms with Crippen molar-refractivity contribution in [3.05, 3.63) is 37.1 Å². The van der Waals surface area contributed by atoms with Crippen LogP contribution >= 0.6 is 0 Å². The lowest BCUT2D eigenvalue weighted by atomic mass is 10.4. The van der Waals surface area contributed by atoms with Crippen LogP contribution in [0, 0.1) is 0 Å². The van der Waals surface area contributed by atoms with Crippen LogP contribution in [0.15, 0.2) is 37.1 Å². The van der Waals surface area contributed by atoms with E-state index in [0.29, 0.717) is 0 Å². The molecule has 0 radical (unpaired) electrons. The van der Waals surface area contributed by atoms with E-state index in [-0.39, 0.29) is 5.76 Å². The Bertz CT molecular complexity index is 101. The molecule has 0 aromatic carbocycles. The molecule has 0 aromatic heterocycles. The van der Waals surface area contributed by atoms with Crippen molar-refractivity contribution in [2.45, 2.75) is 0 Å². The van der Waals surface area contributed by atoms with Gasteiger partial charge in [0, 0.05) is 0 Å². The molecule has 1 nitrogen and oxygen atoms in total. The fourth-order valence-electron chi connectivity index (χ4n) is 0.189. The van der Waals surface area contributed by atoms with Crippen molar-refractivity contribution in [2.75, 3.05) is 0 Å². The van der Waals surface area contributed by atoms with Crippen molar-refractivity contribution in [2.24, 2.45) is 0 Å². The molecule has 0 rings (SSSR count). The van der Waals surface area contributed by atoms with E-state index in [1.807, 2.05) is 0 Å². The molecular weight excluding hydrogens is 88.1 g/mol. The first-order chi connectivity index (χ1) is 3.31. The van der Waals surface area contributed by atoms with Crippen molar-refractivity contribution in [3.8, 4) is 0 Å². The van der Waals surface area contributed by atoms with Crippen LogP contribution < -0.4 is 0 Å². The minimum Gasteiger partial charge on any atom is -0.508 e. The molecule has 1 N–H and O–H groups in total. The first-order valence-corrected chi connectivity index (χ1v) is 1.95. The van der Waals surface area contributed by atoms with Crippen LogP contribution in [0.5, 0.6) is 0 Å². The van der Waals surface area contributed by atoms with E-state index in [2.05, 4.69) is 13.2 Å². The van der Waals surface area contributed by atoms with Gasteiger partial charge < -0.3 is 5.11 Å². The molecule has 0 aromatic rings. The van der Waals surface area contributed by atoms with Gasteiger partial charge in [-0.2, -0.15) is 0 Å². The summed E-state index contributed by atoms with van der Waals surface area (Å²) in [5.74, 6) is 0.148. The van der Waals surface area contributed by atoms with Gasteiger partial charge in [0.05, 0.1) is 0 Å². The first-order valence-electron chi connectivity index (χ1n) is 1.95. The average molecular weight is 96.1 g/mol. The van der Waals surface area contributed by atoms with Gasteiger partial charge in [0.2, 0.25) is 0 Å². The minimum absolute atomic E-state index is 0.148.